The van der Waals surface area contributed by atoms with Crippen LogP contribution >= 0.6 is 0 Å². The van der Waals surface area contributed by atoms with Crippen molar-refractivity contribution in [3.8, 4) is 0 Å². The number of carbonyl (C=O) groups is 2. The Bertz CT molecular complexity index is 319. The lowest BCUT2D eigenvalue weighted by Crippen LogP contribution is -2.52. The zero-order valence-corrected chi connectivity index (χ0v) is 11.5. The van der Waals surface area contributed by atoms with Gasteiger partial charge >= 0.3 is 12.0 Å². The van der Waals surface area contributed by atoms with Crippen LogP contribution in [0.3, 0.4) is 0 Å². The SMILES string of the molecule is CCCC(C)NC(=O)N1CCCC(C)(C(=O)O)C1. The molecule has 18 heavy (non-hydrogen) atoms. The highest BCUT2D eigenvalue weighted by atomic mass is 16.4. The van der Waals surface area contributed by atoms with Crippen molar-refractivity contribution >= 4 is 12.0 Å². The smallest absolute Gasteiger partial charge is 0.317 e. The van der Waals surface area contributed by atoms with Gasteiger partial charge in [-0.25, -0.2) is 4.79 Å². The number of amides is 2. The molecule has 2 N–H and O–H groups in total. The van der Waals surface area contributed by atoms with E-state index >= 15 is 0 Å². The third-order valence-corrected chi connectivity index (χ3v) is 3.59. The van der Waals surface area contributed by atoms with Crippen molar-refractivity contribution in [1.29, 1.82) is 0 Å². The molecule has 0 spiro atoms. The first-order valence-corrected chi connectivity index (χ1v) is 6.68. The molecule has 2 unspecified atom stereocenters. The molecule has 5 nitrogen and oxygen atoms in total. The fraction of sp³-hybridized carbons (Fsp3) is 0.846. The zero-order valence-electron chi connectivity index (χ0n) is 11.5. The first-order valence-electron chi connectivity index (χ1n) is 6.68. The summed E-state index contributed by atoms with van der Waals surface area (Å²) in [4.78, 5) is 24.9. The Labute approximate surface area is 109 Å². The van der Waals surface area contributed by atoms with Crippen LogP contribution in [0.15, 0.2) is 0 Å². The Kier molecular flexibility index (Phi) is 4.99. The summed E-state index contributed by atoms with van der Waals surface area (Å²) < 4.78 is 0. The van der Waals surface area contributed by atoms with Crippen molar-refractivity contribution in [2.24, 2.45) is 5.41 Å². The first-order chi connectivity index (χ1) is 8.39. The van der Waals surface area contributed by atoms with Gasteiger partial charge in [0.1, 0.15) is 0 Å². The minimum atomic E-state index is -0.818. The van der Waals surface area contributed by atoms with Gasteiger partial charge < -0.3 is 15.3 Å². The molecule has 1 saturated heterocycles. The summed E-state index contributed by atoms with van der Waals surface area (Å²) in [5, 5.41) is 12.1. The predicted molar refractivity (Wildman–Crippen MR) is 69.5 cm³/mol. The first kappa shape index (κ1) is 14.8. The molecule has 0 aliphatic carbocycles. The van der Waals surface area contributed by atoms with Gasteiger partial charge in [0.2, 0.25) is 0 Å². The van der Waals surface area contributed by atoms with E-state index in [4.69, 9.17) is 0 Å². The van der Waals surface area contributed by atoms with Crippen LogP contribution in [0, 0.1) is 5.41 Å². The number of nitrogens with one attached hydrogen (secondary N) is 1. The normalized spacial score (nSPS) is 25.6. The Morgan fingerprint density at radius 3 is 2.72 bits per heavy atom. The second-order valence-electron chi connectivity index (χ2n) is 5.53. The molecule has 104 valence electrons. The number of aliphatic carboxylic acids is 1. The van der Waals surface area contributed by atoms with Crippen LogP contribution in [-0.4, -0.2) is 41.1 Å². The molecule has 1 fully saturated rings. The molecule has 1 aliphatic rings. The fourth-order valence-corrected chi connectivity index (χ4v) is 2.39. The zero-order chi connectivity index (χ0) is 13.8. The maximum atomic E-state index is 12.0. The third-order valence-electron chi connectivity index (χ3n) is 3.59. The van der Waals surface area contributed by atoms with Gasteiger partial charge in [-0.2, -0.15) is 0 Å². The largest absolute Gasteiger partial charge is 0.481 e. The van der Waals surface area contributed by atoms with E-state index in [1.165, 1.54) is 0 Å². The van der Waals surface area contributed by atoms with Crippen molar-refractivity contribution in [3.63, 3.8) is 0 Å². The molecule has 1 rings (SSSR count). The van der Waals surface area contributed by atoms with E-state index in [2.05, 4.69) is 12.2 Å². The molecule has 5 heteroatoms. The van der Waals surface area contributed by atoms with Gasteiger partial charge in [0.25, 0.3) is 0 Å². The number of hydrogen-bond donors (Lipinski definition) is 2. The van der Waals surface area contributed by atoms with Crippen molar-refractivity contribution in [1.82, 2.24) is 10.2 Å². The van der Waals surface area contributed by atoms with Crippen LogP contribution in [0.25, 0.3) is 0 Å². The molecular weight excluding hydrogens is 232 g/mol. The quantitative estimate of drug-likeness (QED) is 0.809. The van der Waals surface area contributed by atoms with Crippen molar-refractivity contribution in [2.45, 2.75) is 52.5 Å². The van der Waals surface area contributed by atoms with Gasteiger partial charge in [0, 0.05) is 19.1 Å². The highest BCUT2D eigenvalue weighted by Gasteiger charge is 2.39. The maximum Gasteiger partial charge on any atom is 0.317 e. The fourth-order valence-electron chi connectivity index (χ4n) is 2.39. The number of likely N-dealkylation sites (tertiary alicyclic amines) is 1. The number of hydrogen-bond acceptors (Lipinski definition) is 2. The van der Waals surface area contributed by atoms with Gasteiger partial charge in [-0.05, 0) is 33.1 Å². The Balaban J connectivity index is 2.56. The highest BCUT2D eigenvalue weighted by molar-refractivity contribution is 5.78. The standard InChI is InChI=1S/C13H24N2O3/c1-4-6-10(2)14-12(18)15-8-5-7-13(3,9-15)11(16)17/h10H,4-9H2,1-3H3,(H,14,18)(H,16,17). The van der Waals surface area contributed by atoms with E-state index in [0.717, 1.165) is 19.3 Å². The molecule has 0 aromatic carbocycles. The minimum Gasteiger partial charge on any atom is -0.481 e. The van der Waals surface area contributed by atoms with E-state index < -0.39 is 11.4 Å². The van der Waals surface area contributed by atoms with Gasteiger partial charge in [-0.3, -0.25) is 4.79 Å². The van der Waals surface area contributed by atoms with Crippen molar-refractivity contribution < 1.29 is 14.7 Å². The summed E-state index contributed by atoms with van der Waals surface area (Å²) in [6.45, 7) is 6.71. The number of piperidine rings is 1. The summed E-state index contributed by atoms with van der Waals surface area (Å²) >= 11 is 0. The lowest BCUT2D eigenvalue weighted by molar-refractivity contribution is -0.150. The van der Waals surface area contributed by atoms with E-state index in [-0.39, 0.29) is 12.1 Å². The van der Waals surface area contributed by atoms with Crippen molar-refractivity contribution in [2.75, 3.05) is 13.1 Å². The molecule has 0 radical (unpaired) electrons. The van der Waals surface area contributed by atoms with Crippen LogP contribution in [0.5, 0.6) is 0 Å². The summed E-state index contributed by atoms with van der Waals surface area (Å²) in [6.07, 6.45) is 3.35. The number of carboxylic acid groups (broad SMARTS) is 1. The monoisotopic (exact) mass is 256 g/mol. The number of urea groups is 1. The lowest BCUT2D eigenvalue weighted by atomic mass is 9.82. The van der Waals surface area contributed by atoms with E-state index in [9.17, 15) is 14.7 Å². The number of carboxylic acids is 1. The summed E-state index contributed by atoms with van der Waals surface area (Å²) in [5.74, 6) is -0.818. The van der Waals surface area contributed by atoms with Crippen LogP contribution in [0.2, 0.25) is 0 Å². The second-order valence-corrected chi connectivity index (χ2v) is 5.53. The Morgan fingerprint density at radius 2 is 2.17 bits per heavy atom. The molecule has 1 heterocycles. The van der Waals surface area contributed by atoms with Crippen molar-refractivity contribution in [3.05, 3.63) is 0 Å². The molecule has 0 saturated carbocycles. The van der Waals surface area contributed by atoms with Crippen LogP contribution in [0.1, 0.15) is 46.5 Å². The molecule has 0 bridgehead atoms. The maximum absolute atomic E-state index is 12.0. The van der Waals surface area contributed by atoms with E-state index in [1.807, 2.05) is 6.92 Å². The predicted octanol–water partition coefficient (Wildman–Crippen LogP) is 2.07. The lowest BCUT2D eigenvalue weighted by Gasteiger charge is -2.37. The number of rotatable bonds is 4. The van der Waals surface area contributed by atoms with Crippen LogP contribution in [0.4, 0.5) is 4.79 Å². The average Bonchev–Trinajstić information content (AvgIpc) is 2.29. The summed E-state index contributed by atoms with van der Waals surface area (Å²) in [6, 6.07) is 0.00337. The molecular formula is C13H24N2O3. The van der Waals surface area contributed by atoms with E-state index in [1.54, 1.807) is 11.8 Å². The topological polar surface area (TPSA) is 69.6 Å². The number of carbonyl (C=O) groups excluding carboxylic acids is 1. The highest BCUT2D eigenvalue weighted by Crippen LogP contribution is 2.29. The van der Waals surface area contributed by atoms with Gasteiger partial charge in [-0.15, -0.1) is 0 Å². The van der Waals surface area contributed by atoms with Crippen LogP contribution in [-0.2, 0) is 4.79 Å². The van der Waals surface area contributed by atoms with Crippen LogP contribution < -0.4 is 5.32 Å². The second kappa shape index (κ2) is 6.07. The number of nitrogens with zero attached hydrogens (tertiary/aromatic N) is 1. The minimum absolute atomic E-state index is 0.136. The molecule has 0 aromatic rings. The summed E-state index contributed by atoms with van der Waals surface area (Å²) in [7, 11) is 0. The molecule has 1 aliphatic heterocycles. The Hall–Kier alpha value is -1.26. The Morgan fingerprint density at radius 1 is 1.50 bits per heavy atom. The molecule has 2 atom stereocenters. The molecule has 2 amide bonds. The third kappa shape index (κ3) is 3.62. The summed E-state index contributed by atoms with van der Waals surface area (Å²) in [5.41, 5.74) is -0.802. The van der Waals surface area contributed by atoms with E-state index in [0.29, 0.717) is 19.5 Å². The molecule has 0 aromatic heterocycles. The average molecular weight is 256 g/mol. The van der Waals surface area contributed by atoms with Gasteiger partial charge in [0.15, 0.2) is 0 Å². The van der Waals surface area contributed by atoms with Gasteiger partial charge in [-0.1, -0.05) is 13.3 Å². The van der Waals surface area contributed by atoms with Gasteiger partial charge in [0.05, 0.1) is 5.41 Å².